The molecule has 1 N–H and O–H groups in total. The van der Waals surface area contributed by atoms with Gasteiger partial charge in [-0.15, -0.1) is 0 Å². The lowest BCUT2D eigenvalue weighted by atomic mass is 9.95. The summed E-state index contributed by atoms with van der Waals surface area (Å²) in [6, 6.07) is 2.09. The predicted molar refractivity (Wildman–Crippen MR) is 118 cm³/mol. The van der Waals surface area contributed by atoms with Gasteiger partial charge in [-0.25, -0.2) is 13.2 Å². The van der Waals surface area contributed by atoms with Gasteiger partial charge in [0, 0.05) is 31.3 Å². The maximum Gasteiger partial charge on any atom is 0.328 e. The Kier molecular flexibility index (Phi) is 8.50. The first-order valence-electron chi connectivity index (χ1n) is 9.49. The third-order valence-electron chi connectivity index (χ3n) is 4.97. The van der Waals surface area contributed by atoms with Crippen molar-refractivity contribution in [3.63, 3.8) is 0 Å². The quantitative estimate of drug-likeness (QED) is 0.483. The molecular weight excluding hydrogens is 467 g/mol. The summed E-state index contributed by atoms with van der Waals surface area (Å²) >= 11 is 12.2. The number of carbonyl (C=O) groups excluding carboxylic acids is 3. The van der Waals surface area contributed by atoms with Crippen LogP contribution in [0.15, 0.2) is 23.1 Å². The smallest absolute Gasteiger partial charge is 0.328 e. The summed E-state index contributed by atoms with van der Waals surface area (Å²) in [6.07, 6.45) is 4.77. The summed E-state index contributed by atoms with van der Waals surface area (Å²) in [5.41, 5.74) is 0.415. The van der Waals surface area contributed by atoms with Gasteiger partial charge in [0.05, 0.1) is 22.1 Å². The molecule has 170 valence electrons. The van der Waals surface area contributed by atoms with E-state index < -0.39 is 21.8 Å². The van der Waals surface area contributed by atoms with Crippen LogP contribution < -0.4 is 5.32 Å². The number of amides is 2. The number of benzene rings is 1. The molecule has 11 heteroatoms. The maximum absolute atomic E-state index is 12.5. The molecule has 0 spiro atoms. The predicted octanol–water partition coefficient (Wildman–Crippen LogP) is 2.33. The van der Waals surface area contributed by atoms with Gasteiger partial charge in [0.15, 0.2) is 9.84 Å². The largest absolute Gasteiger partial charge is 0.467 e. The first kappa shape index (κ1) is 25.2. The Morgan fingerprint density at radius 3 is 2.35 bits per heavy atom. The fourth-order valence-electron chi connectivity index (χ4n) is 3.16. The van der Waals surface area contributed by atoms with Crippen LogP contribution in [0.25, 0.3) is 6.08 Å². The average molecular weight is 491 g/mol. The van der Waals surface area contributed by atoms with Crippen LogP contribution in [0.1, 0.15) is 25.3 Å². The Morgan fingerprint density at radius 2 is 1.81 bits per heavy atom. The third-order valence-corrected chi connectivity index (χ3v) is 7.12. The van der Waals surface area contributed by atoms with Gasteiger partial charge >= 0.3 is 5.97 Å². The molecule has 0 unspecified atom stereocenters. The van der Waals surface area contributed by atoms with Crippen LogP contribution in [-0.4, -0.2) is 63.6 Å². The van der Waals surface area contributed by atoms with Gasteiger partial charge in [0.2, 0.25) is 11.8 Å². The van der Waals surface area contributed by atoms with Crippen LogP contribution >= 0.6 is 23.2 Å². The van der Waals surface area contributed by atoms with Crippen molar-refractivity contribution in [3.8, 4) is 0 Å². The molecule has 0 aromatic heterocycles. The van der Waals surface area contributed by atoms with E-state index in [0.717, 1.165) is 6.26 Å². The second-order valence-electron chi connectivity index (χ2n) is 7.24. The molecule has 0 saturated carbocycles. The zero-order chi connectivity index (χ0) is 23.3. The van der Waals surface area contributed by atoms with Crippen molar-refractivity contribution in [2.24, 2.45) is 5.92 Å². The number of halogens is 2. The van der Waals surface area contributed by atoms with E-state index in [1.54, 1.807) is 11.8 Å². The fraction of sp³-hybridized carbons (Fsp3) is 0.450. The van der Waals surface area contributed by atoms with Gasteiger partial charge in [-0.1, -0.05) is 29.3 Å². The summed E-state index contributed by atoms with van der Waals surface area (Å²) in [6.45, 7) is 2.32. The molecule has 1 fully saturated rings. The summed E-state index contributed by atoms with van der Waals surface area (Å²) < 4.78 is 28.0. The van der Waals surface area contributed by atoms with Crippen molar-refractivity contribution in [2.75, 3.05) is 26.5 Å². The second-order valence-corrected chi connectivity index (χ2v) is 9.98. The number of likely N-dealkylation sites (tertiary alicyclic amines) is 1. The number of ether oxygens (including phenoxy) is 1. The van der Waals surface area contributed by atoms with Gasteiger partial charge in [-0.3, -0.25) is 9.59 Å². The number of esters is 1. The molecule has 8 nitrogen and oxygen atoms in total. The van der Waals surface area contributed by atoms with Crippen LogP contribution in [0.3, 0.4) is 0 Å². The highest BCUT2D eigenvalue weighted by atomic mass is 35.5. The van der Waals surface area contributed by atoms with Gasteiger partial charge in [0.1, 0.15) is 6.04 Å². The lowest BCUT2D eigenvalue weighted by Gasteiger charge is -2.31. The number of nitrogens with one attached hydrogen (secondary N) is 1. The minimum atomic E-state index is -3.52. The van der Waals surface area contributed by atoms with Crippen LogP contribution in [-0.2, 0) is 29.0 Å². The molecule has 1 aromatic rings. The highest BCUT2D eigenvalue weighted by Crippen LogP contribution is 2.33. The minimum absolute atomic E-state index is 0.0451. The molecule has 0 bridgehead atoms. The monoisotopic (exact) mass is 490 g/mol. The van der Waals surface area contributed by atoms with E-state index >= 15 is 0 Å². The normalized spacial score (nSPS) is 16.2. The molecule has 31 heavy (non-hydrogen) atoms. The van der Waals surface area contributed by atoms with E-state index in [2.05, 4.69) is 10.1 Å². The zero-order valence-electron chi connectivity index (χ0n) is 17.4. The molecule has 1 aromatic carbocycles. The number of nitrogens with zero attached hydrogens (tertiary/aromatic N) is 1. The van der Waals surface area contributed by atoms with Crippen molar-refractivity contribution >= 4 is 56.9 Å². The number of sulfone groups is 1. The summed E-state index contributed by atoms with van der Waals surface area (Å²) in [5.74, 6) is -1.32. The molecule has 0 aliphatic carbocycles. The lowest BCUT2D eigenvalue weighted by molar-refractivity contribution is -0.145. The van der Waals surface area contributed by atoms with Crippen molar-refractivity contribution in [2.45, 2.75) is 30.7 Å². The molecule has 1 aliphatic heterocycles. The first-order valence-corrected chi connectivity index (χ1v) is 12.1. The number of hydrogen-bond donors (Lipinski definition) is 1. The maximum atomic E-state index is 12.5. The van der Waals surface area contributed by atoms with E-state index in [1.165, 1.54) is 31.4 Å². The van der Waals surface area contributed by atoms with Crippen LogP contribution in [0, 0.1) is 5.92 Å². The topological polar surface area (TPSA) is 110 Å². The van der Waals surface area contributed by atoms with Crippen molar-refractivity contribution in [3.05, 3.63) is 33.8 Å². The van der Waals surface area contributed by atoms with E-state index in [4.69, 9.17) is 23.2 Å². The SMILES string of the molecule is COC(=O)[C@H](C)NC(=O)C1CCN(C(=O)/C=C/c2ccc(S(C)(=O)=O)c(Cl)c2Cl)CC1. The highest BCUT2D eigenvalue weighted by Gasteiger charge is 2.28. The van der Waals surface area contributed by atoms with Crippen LogP contribution in [0.4, 0.5) is 0 Å². The fourth-order valence-corrected chi connectivity index (χ4v) is 4.78. The average Bonchev–Trinajstić information content (AvgIpc) is 2.72. The van der Waals surface area contributed by atoms with Crippen molar-refractivity contribution in [1.29, 1.82) is 0 Å². The van der Waals surface area contributed by atoms with Crippen LogP contribution in [0.2, 0.25) is 10.0 Å². The van der Waals surface area contributed by atoms with Crippen molar-refractivity contribution in [1.82, 2.24) is 10.2 Å². The molecule has 1 heterocycles. The molecule has 2 amide bonds. The number of hydrogen-bond acceptors (Lipinski definition) is 6. The molecule has 1 atom stereocenters. The molecule has 1 aliphatic rings. The third kappa shape index (κ3) is 6.44. The second kappa shape index (κ2) is 10.5. The van der Waals surface area contributed by atoms with Gasteiger partial charge in [-0.05, 0) is 37.5 Å². The Morgan fingerprint density at radius 1 is 1.19 bits per heavy atom. The van der Waals surface area contributed by atoms with Crippen LogP contribution in [0.5, 0.6) is 0 Å². The standard InChI is InChI=1S/C20H24Cl2N2O6S/c1-12(20(27)30-2)23-19(26)14-8-10-24(11-9-14)16(25)7-5-13-4-6-15(31(3,28)29)18(22)17(13)21/h4-7,12,14H,8-11H2,1-3H3,(H,23,26)/b7-5+/t12-/m0/s1. The molecular formula is C20H24Cl2N2O6S. The van der Waals surface area contributed by atoms with E-state index in [-0.39, 0.29) is 32.7 Å². The number of methoxy groups -OCH3 is 1. The Bertz CT molecular complexity index is 1000. The molecule has 0 radical (unpaired) electrons. The number of rotatable bonds is 6. The summed E-state index contributed by atoms with van der Waals surface area (Å²) in [4.78, 5) is 37.7. The minimum Gasteiger partial charge on any atom is -0.467 e. The Balaban J connectivity index is 1.96. The van der Waals surface area contributed by atoms with E-state index in [0.29, 0.717) is 31.5 Å². The lowest BCUT2D eigenvalue weighted by Crippen LogP contribution is -2.46. The van der Waals surface area contributed by atoms with Gasteiger partial charge < -0.3 is 15.0 Å². The Labute approximate surface area is 191 Å². The van der Waals surface area contributed by atoms with Gasteiger partial charge in [0.25, 0.3) is 0 Å². The molecule has 1 saturated heterocycles. The molecule has 2 rings (SSSR count). The van der Waals surface area contributed by atoms with E-state index in [9.17, 15) is 22.8 Å². The number of carbonyl (C=O) groups is 3. The number of piperidine rings is 1. The van der Waals surface area contributed by atoms with Gasteiger partial charge in [-0.2, -0.15) is 0 Å². The van der Waals surface area contributed by atoms with E-state index in [1.807, 2.05) is 0 Å². The highest BCUT2D eigenvalue weighted by molar-refractivity contribution is 7.90. The first-order chi connectivity index (χ1) is 14.5. The van der Waals surface area contributed by atoms with Crippen molar-refractivity contribution < 1.29 is 27.5 Å². The Hall–Kier alpha value is -2.10. The summed E-state index contributed by atoms with van der Waals surface area (Å²) in [7, 11) is -2.27. The summed E-state index contributed by atoms with van der Waals surface area (Å²) in [5, 5.41) is 2.57. The zero-order valence-corrected chi connectivity index (χ0v) is 19.7.